The molecule has 0 bridgehead atoms. The first-order valence-corrected chi connectivity index (χ1v) is 9.32. The topological polar surface area (TPSA) is 64.1 Å². The Kier molecular flexibility index (Phi) is 5.53. The van der Waals surface area contributed by atoms with E-state index in [-0.39, 0.29) is 5.97 Å². The van der Waals surface area contributed by atoms with Gasteiger partial charge in [0.15, 0.2) is 5.16 Å². The Morgan fingerprint density at radius 2 is 1.85 bits per heavy atom. The van der Waals surface area contributed by atoms with Crippen molar-refractivity contribution in [3.8, 4) is 5.75 Å². The number of carbonyl (C=O) groups is 1. The molecular formula is C20H19N3O2S. The summed E-state index contributed by atoms with van der Waals surface area (Å²) in [6.45, 7) is 3.81. The van der Waals surface area contributed by atoms with Gasteiger partial charge in [0.2, 0.25) is 0 Å². The monoisotopic (exact) mass is 365 g/mol. The van der Waals surface area contributed by atoms with E-state index in [0.717, 1.165) is 16.9 Å². The van der Waals surface area contributed by atoms with Gasteiger partial charge in [-0.2, -0.15) is 0 Å². The number of ether oxygens (including phenoxy) is 1. The molecule has 1 heterocycles. The summed E-state index contributed by atoms with van der Waals surface area (Å²) >= 11 is 1.49. The molecule has 1 N–H and O–H groups in total. The molecule has 1 aromatic heterocycles. The maximum Gasteiger partial charge on any atom is 0.343 e. The van der Waals surface area contributed by atoms with Crippen LogP contribution in [0.3, 0.4) is 0 Å². The SMILES string of the molecule is CSc1nc(C)cc(Nc2cccc(OC(=O)c3ccccc3C)c2)n1. The second kappa shape index (κ2) is 8.01. The summed E-state index contributed by atoms with van der Waals surface area (Å²) in [5.41, 5.74) is 3.11. The van der Waals surface area contributed by atoms with Crippen molar-refractivity contribution in [2.75, 3.05) is 11.6 Å². The number of nitrogens with one attached hydrogen (secondary N) is 1. The minimum absolute atomic E-state index is 0.372. The average molecular weight is 365 g/mol. The van der Waals surface area contributed by atoms with Gasteiger partial charge in [0.25, 0.3) is 0 Å². The Hall–Kier alpha value is -2.86. The minimum Gasteiger partial charge on any atom is -0.423 e. The summed E-state index contributed by atoms with van der Waals surface area (Å²) < 4.78 is 5.51. The van der Waals surface area contributed by atoms with Crippen molar-refractivity contribution >= 4 is 29.2 Å². The third kappa shape index (κ3) is 4.40. The van der Waals surface area contributed by atoms with Crippen LogP contribution < -0.4 is 10.1 Å². The Morgan fingerprint density at radius 3 is 2.62 bits per heavy atom. The molecule has 6 heteroatoms. The van der Waals surface area contributed by atoms with Crippen LogP contribution in [0.1, 0.15) is 21.6 Å². The highest BCUT2D eigenvalue weighted by atomic mass is 32.2. The summed E-state index contributed by atoms with van der Waals surface area (Å²) in [6, 6.07) is 16.5. The Bertz CT molecular complexity index is 944. The van der Waals surface area contributed by atoms with Crippen LogP contribution in [0.5, 0.6) is 5.75 Å². The predicted octanol–water partition coefficient (Wildman–Crippen LogP) is 4.78. The molecule has 3 aromatic rings. The number of rotatable bonds is 5. The molecule has 0 radical (unpaired) electrons. The number of benzene rings is 2. The highest BCUT2D eigenvalue weighted by Crippen LogP contribution is 2.23. The molecule has 5 nitrogen and oxygen atoms in total. The van der Waals surface area contributed by atoms with Gasteiger partial charge in [0, 0.05) is 23.5 Å². The number of aryl methyl sites for hydroxylation is 2. The number of carbonyl (C=O) groups excluding carboxylic acids is 1. The largest absolute Gasteiger partial charge is 0.423 e. The molecule has 26 heavy (non-hydrogen) atoms. The first-order valence-electron chi connectivity index (χ1n) is 8.10. The van der Waals surface area contributed by atoms with Gasteiger partial charge in [0.1, 0.15) is 11.6 Å². The van der Waals surface area contributed by atoms with Crippen LogP contribution in [0.25, 0.3) is 0 Å². The predicted molar refractivity (Wildman–Crippen MR) is 104 cm³/mol. The van der Waals surface area contributed by atoms with Gasteiger partial charge >= 0.3 is 5.97 Å². The van der Waals surface area contributed by atoms with Crippen molar-refractivity contribution in [1.29, 1.82) is 0 Å². The molecule has 0 amide bonds. The summed E-state index contributed by atoms with van der Waals surface area (Å²) in [4.78, 5) is 21.1. The van der Waals surface area contributed by atoms with Crippen molar-refractivity contribution < 1.29 is 9.53 Å². The van der Waals surface area contributed by atoms with Gasteiger partial charge in [-0.1, -0.05) is 36.0 Å². The van der Waals surface area contributed by atoms with E-state index in [9.17, 15) is 4.79 Å². The van der Waals surface area contributed by atoms with Crippen molar-refractivity contribution in [1.82, 2.24) is 9.97 Å². The second-order valence-corrected chi connectivity index (χ2v) is 6.51. The number of hydrogen-bond donors (Lipinski definition) is 1. The number of hydrogen-bond acceptors (Lipinski definition) is 6. The van der Waals surface area contributed by atoms with Crippen LogP contribution in [0.4, 0.5) is 11.5 Å². The molecule has 0 saturated carbocycles. The zero-order chi connectivity index (χ0) is 18.5. The lowest BCUT2D eigenvalue weighted by Gasteiger charge is -2.10. The van der Waals surface area contributed by atoms with Gasteiger partial charge in [-0.15, -0.1) is 0 Å². The van der Waals surface area contributed by atoms with Gasteiger partial charge in [-0.3, -0.25) is 0 Å². The standard InChI is InChI=1S/C20H19N3O2S/c1-13-7-4-5-10-17(13)19(24)25-16-9-6-8-15(12-16)22-18-11-14(2)21-20(23-18)26-3/h4-12H,1-3H3,(H,21,22,23). The first kappa shape index (κ1) is 17.9. The maximum atomic E-state index is 12.4. The molecule has 0 fully saturated rings. The van der Waals surface area contributed by atoms with Crippen LogP contribution in [-0.2, 0) is 0 Å². The van der Waals surface area contributed by atoms with E-state index >= 15 is 0 Å². The molecule has 132 valence electrons. The second-order valence-electron chi connectivity index (χ2n) is 5.74. The van der Waals surface area contributed by atoms with Gasteiger partial charge in [0.05, 0.1) is 5.56 Å². The van der Waals surface area contributed by atoms with Gasteiger partial charge < -0.3 is 10.1 Å². The third-order valence-electron chi connectivity index (χ3n) is 3.70. The fraction of sp³-hybridized carbons (Fsp3) is 0.150. The van der Waals surface area contributed by atoms with Crippen LogP contribution in [0.15, 0.2) is 59.8 Å². The van der Waals surface area contributed by atoms with E-state index in [1.807, 2.05) is 56.5 Å². The van der Waals surface area contributed by atoms with E-state index < -0.39 is 0 Å². The number of esters is 1. The van der Waals surface area contributed by atoms with E-state index in [4.69, 9.17) is 4.74 Å². The zero-order valence-corrected chi connectivity index (χ0v) is 15.6. The Labute approximate surface area is 156 Å². The molecular weight excluding hydrogens is 346 g/mol. The van der Waals surface area contributed by atoms with Crippen molar-refractivity contribution in [2.45, 2.75) is 19.0 Å². The summed E-state index contributed by atoms with van der Waals surface area (Å²) in [5, 5.41) is 3.93. The Balaban J connectivity index is 1.77. The highest BCUT2D eigenvalue weighted by Gasteiger charge is 2.11. The number of thioether (sulfide) groups is 1. The Morgan fingerprint density at radius 1 is 1.04 bits per heavy atom. The van der Waals surface area contributed by atoms with Crippen molar-refractivity contribution in [3.63, 3.8) is 0 Å². The minimum atomic E-state index is -0.372. The molecule has 3 rings (SSSR count). The summed E-state index contributed by atoms with van der Waals surface area (Å²) in [5.74, 6) is 0.797. The van der Waals surface area contributed by atoms with Crippen molar-refractivity contribution in [2.24, 2.45) is 0 Å². The lowest BCUT2D eigenvalue weighted by Crippen LogP contribution is -2.10. The van der Waals surface area contributed by atoms with Crippen molar-refractivity contribution in [3.05, 3.63) is 71.4 Å². The molecule has 2 aromatic carbocycles. The fourth-order valence-corrected chi connectivity index (χ4v) is 2.87. The summed E-state index contributed by atoms with van der Waals surface area (Å²) in [7, 11) is 0. The van der Waals surface area contributed by atoms with Crippen LogP contribution >= 0.6 is 11.8 Å². The molecule has 0 aliphatic heterocycles. The lowest BCUT2D eigenvalue weighted by atomic mass is 10.1. The molecule has 0 atom stereocenters. The smallest absolute Gasteiger partial charge is 0.343 e. The summed E-state index contributed by atoms with van der Waals surface area (Å²) in [6.07, 6.45) is 1.93. The molecule has 0 spiro atoms. The fourth-order valence-electron chi connectivity index (χ4n) is 2.45. The number of anilines is 2. The number of nitrogens with zero attached hydrogens (tertiary/aromatic N) is 2. The zero-order valence-electron chi connectivity index (χ0n) is 14.8. The van der Waals surface area contributed by atoms with E-state index in [2.05, 4.69) is 15.3 Å². The third-order valence-corrected chi connectivity index (χ3v) is 4.25. The molecule has 0 saturated heterocycles. The van der Waals surface area contributed by atoms with Crippen LogP contribution in [-0.4, -0.2) is 22.2 Å². The van der Waals surface area contributed by atoms with Gasteiger partial charge in [-0.05, 0) is 43.9 Å². The lowest BCUT2D eigenvalue weighted by molar-refractivity contribution is 0.0734. The van der Waals surface area contributed by atoms with Crippen LogP contribution in [0, 0.1) is 13.8 Å². The van der Waals surface area contributed by atoms with E-state index in [1.165, 1.54) is 11.8 Å². The normalized spacial score (nSPS) is 10.4. The highest BCUT2D eigenvalue weighted by molar-refractivity contribution is 7.98. The molecule has 0 aliphatic rings. The van der Waals surface area contributed by atoms with E-state index in [1.54, 1.807) is 18.2 Å². The molecule has 0 unspecified atom stereocenters. The first-order chi connectivity index (χ1) is 12.5. The quantitative estimate of drug-likeness (QED) is 0.304. The van der Waals surface area contributed by atoms with E-state index in [0.29, 0.717) is 22.3 Å². The average Bonchev–Trinajstić information content (AvgIpc) is 2.61. The van der Waals surface area contributed by atoms with Crippen LogP contribution in [0.2, 0.25) is 0 Å². The molecule has 0 aliphatic carbocycles. The maximum absolute atomic E-state index is 12.4. The van der Waals surface area contributed by atoms with Gasteiger partial charge in [-0.25, -0.2) is 14.8 Å². The number of aromatic nitrogens is 2.